The average Bonchev–Trinajstić information content (AvgIpc) is 2.39. The minimum absolute atomic E-state index is 0.0951. The second-order valence-corrected chi connectivity index (χ2v) is 3.28. The second-order valence-electron chi connectivity index (χ2n) is 3.28. The van der Waals surface area contributed by atoms with Gasteiger partial charge in [-0.2, -0.15) is 0 Å². The highest BCUT2D eigenvalue weighted by molar-refractivity contribution is 5.76. The number of aliphatic carboxylic acids is 1. The van der Waals surface area contributed by atoms with Crippen LogP contribution in [0.5, 0.6) is 0 Å². The number of aromatic nitrogens is 1. The number of hydrogen-bond acceptors (Lipinski definition) is 2. The highest BCUT2D eigenvalue weighted by Gasteiger charge is 2.11. The van der Waals surface area contributed by atoms with Gasteiger partial charge in [0.15, 0.2) is 6.29 Å². The van der Waals surface area contributed by atoms with Gasteiger partial charge in [-0.15, -0.1) is 0 Å². The van der Waals surface area contributed by atoms with E-state index >= 15 is 0 Å². The molecule has 0 atom stereocenters. The highest BCUT2D eigenvalue weighted by atomic mass is 16.4. The van der Waals surface area contributed by atoms with Gasteiger partial charge in [0.1, 0.15) is 0 Å². The Hall–Kier alpha value is -1.58. The third kappa shape index (κ3) is 2.02. The predicted octanol–water partition coefficient (Wildman–Crippen LogP) is 1.46. The van der Waals surface area contributed by atoms with Gasteiger partial charge in [0.2, 0.25) is 0 Å². The van der Waals surface area contributed by atoms with Gasteiger partial charge >= 0.3 is 5.97 Å². The maximum Gasteiger partial charge on any atom is 0.303 e. The fourth-order valence-electron chi connectivity index (χ4n) is 1.54. The first-order valence-electron chi connectivity index (χ1n) is 4.41. The van der Waals surface area contributed by atoms with Gasteiger partial charge in [-0.25, -0.2) is 0 Å². The lowest BCUT2D eigenvalue weighted by molar-refractivity contribution is -0.136. The maximum atomic E-state index is 10.6. The summed E-state index contributed by atoms with van der Waals surface area (Å²) in [4.78, 5) is 23.9. The van der Waals surface area contributed by atoms with Crippen LogP contribution in [0.25, 0.3) is 0 Å². The van der Waals surface area contributed by atoms with Crippen LogP contribution in [-0.2, 0) is 11.2 Å². The molecule has 4 nitrogen and oxygen atoms in total. The summed E-state index contributed by atoms with van der Waals surface area (Å²) >= 11 is 0. The zero-order chi connectivity index (χ0) is 10.7. The molecule has 0 spiro atoms. The van der Waals surface area contributed by atoms with Crippen molar-refractivity contribution in [2.24, 2.45) is 0 Å². The summed E-state index contributed by atoms with van der Waals surface area (Å²) < 4.78 is 0. The Morgan fingerprint density at radius 1 is 1.50 bits per heavy atom. The van der Waals surface area contributed by atoms with Crippen molar-refractivity contribution in [1.82, 2.24) is 4.98 Å². The first kappa shape index (κ1) is 10.5. The van der Waals surface area contributed by atoms with Gasteiger partial charge in [-0.1, -0.05) is 0 Å². The van der Waals surface area contributed by atoms with E-state index in [-0.39, 0.29) is 6.42 Å². The van der Waals surface area contributed by atoms with E-state index in [2.05, 4.69) is 4.98 Å². The minimum Gasteiger partial charge on any atom is -0.481 e. The van der Waals surface area contributed by atoms with E-state index < -0.39 is 5.97 Å². The van der Waals surface area contributed by atoms with E-state index in [9.17, 15) is 9.59 Å². The lowest BCUT2D eigenvalue weighted by Gasteiger charge is -1.98. The smallest absolute Gasteiger partial charge is 0.303 e. The molecular formula is C10H13NO3. The van der Waals surface area contributed by atoms with E-state index in [1.54, 1.807) is 0 Å². The Morgan fingerprint density at radius 3 is 2.57 bits per heavy atom. The number of carboxylic acids is 1. The molecule has 0 radical (unpaired) electrons. The minimum atomic E-state index is -0.822. The summed E-state index contributed by atoms with van der Waals surface area (Å²) in [5.74, 6) is -0.822. The normalized spacial score (nSPS) is 10.1. The van der Waals surface area contributed by atoms with Crippen LogP contribution < -0.4 is 0 Å². The molecule has 0 unspecified atom stereocenters. The molecule has 0 aromatic carbocycles. The third-order valence-electron chi connectivity index (χ3n) is 2.34. The molecule has 1 aromatic heterocycles. The molecule has 14 heavy (non-hydrogen) atoms. The highest BCUT2D eigenvalue weighted by Crippen LogP contribution is 2.18. The van der Waals surface area contributed by atoms with Gasteiger partial charge in [-0.05, 0) is 31.4 Å². The Labute approximate surface area is 81.9 Å². The van der Waals surface area contributed by atoms with Crippen LogP contribution in [0.15, 0.2) is 0 Å². The summed E-state index contributed by atoms with van der Waals surface area (Å²) in [7, 11) is 0. The zero-order valence-corrected chi connectivity index (χ0v) is 8.26. The second kappa shape index (κ2) is 4.09. The number of nitrogens with one attached hydrogen (secondary N) is 1. The van der Waals surface area contributed by atoms with E-state index in [1.165, 1.54) is 0 Å². The largest absolute Gasteiger partial charge is 0.481 e. The van der Waals surface area contributed by atoms with Gasteiger partial charge in [0, 0.05) is 12.1 Å². The quantitative estimate of drug-likeness (QED) is 0.718. The summed E-state index contributed by atoms with van der Waals surface area (Å²) in [5, 5.41) is 8.54. The molecule has 0 saturated heterocycles. The van der Waals surface area contributed by atoms with Crippen molar-refractivity contribution in [3.63, 3.8) is 0 Å². The van der Waals surface area contributed by atoms with Crippen LogP contribution in [0.4, 0.5) is 0 Å². The fourth-order valence-corrected chi connectivity index (χ4v) is 1.54. The van der Waals surface area contributed by atoms with Crippen LogP contribution in [0.3, 0.4) is 0 Å². The Balaban J connectivity index is 2.90. The van der Waals surface area contributed by atoms with Crippen LogP contribution in [-0.4, -0.2) is 22.3 Å². The standard InChI is InChI=1S/C10H13NO3/c1-6-8(3-4-10(13)14)7(2)11-9(6)5-12/h5,11H,3-4H2,1-2H3,(H,13,14)/i5+2. The molecular weight excluding hydrogens is 184 g/mol. The lowest BCUT2D eigenvalue weighted by Crippen LogP contribution is -1.99. The molecule has 1 heterocycles. The van der Waals surface area contributed by atoms with Gasteiger partial charge in [0.25, 0.3) is 0 Å². The topological polar surface area (TPSA) is 70.2 Å². The SMILES string of the molecule is Cc1[nH]c([14CH]=O)c(C)c1CCC(=O)O. The van der Waals surface area contributed by atoms with Gasteiger partial charge in [0.05, 0.1) is 5.69 Å². The van der Waals surface area contributed by atoms with Crippen molar-refractivity contribution in [2.75, 3.05) is 0 Å². The van der Waals surface area contributed by atoms with Crippen LogP contribution in [0.1, 0.15) is 33.7 Å². The average molecular weight is 197 g/mol. The van der Waals surface area contributed by atoms with E-state index in [4.69, 9.17) is 5.11 Å². The Kier molecular flexibility index (Phi) is 3.06. The molecule has 4 heteroatoms. The first-order chi connectivity index (χ1) is 6.56. The molecule has 1 aromatic rings. The molecule has 0 bridgehead atoms. The fraction of sp³-hybridized carbons (Fsp3) is 0.400. The number of carboxylic acid groups (broad SMARTS) is 1. The van der Waals surface area contributed by atoms with Crippen molar-refractivity contribution >= 4 is 12.3 Å². The Bertz CT molecular complexity index is 366. The molecule has 0 fully saturated rings. The monoisotopic (exact) mass is 197 g/mol. The Morgan fingerprint density at radius 2 is 2.14 bits per heavy atom. The number of carbonyl (C=O) groups excluding carboxylic acids is 1. The number of hydrogen-bond donors (Lipinski definition) is 2. The number of rotatable bonds is 4. The molecule has 76 valence electrons. The number of H-pyrrole nitrogens is 1. The third-order valence-corrected chi connectivity index (χ3v) is 2.34. The van der Waals surface area contributed by atoms with Crippen LogP contribution >= 0.6 is 0 Å². The van der Waals surface area contributed by atoms with Crippen molar-refractivity contribution < 1.29 is 14.7 Å². The summed E-state index contributed by atoms with van der Waals surface area (Å²) in [6, 6.07) is 0. The van der Waals surface area contributed by atoms with Crippen LogP contribution in [0.2, 0.25) is 0 Å². The zero-order valence-electron chi connectivity index (χ0n) is 8.26. The molecule has 2 N–H and O–H groups in total. The molecule has 0 amide bonds. The number of aldehydes is 1. The van der Waals surface area contributed by atoms with Gasteiger partial charge < -0.3 is 10.1 Å². The predicted molar refractivity (Wildman–Crippen MR) is 51.6 cm³/mol. The molecule has 0 aliphatic heterocycles. The lowest BCUT2D eigenvalue weighted by atomic mass is 10.1. The van der Waals surface area contributed by atoms with E-state index in [0.29, 0.717) is 12.1 Å². The number of aryl methyl sites for hydroxylation is 1. The van der Waals surface area contributed by atoms with Crippen molar-refractivity contribution in [2.45, 2.75) is 26.7 Å². The van der Waals surface area contributed by atoms with Gasteiger partial charge in [-0.3, -0.25) is 9.59 Å². The number of aromatic amines is 1. The van der Waals surface area contributed by atoms with Crippen molar-refractivity contribution in [1.29, 1.82) is 0 Å². The summed E-state index contributed by atoms with van der Waals surface area (Å²) in [6.45, 7) is 3.67. The molecule has 0 aliphatic rings. The first-order valence-corrected chi connectivity index (χ1v) is 4.41. The maximum absolute atomic E-state index is 10.6. The summed E-state index contributed by atoms with van der Waals surface area (Å²) in [5.41, 5.74) is 3.22. The number of carbonyl (C=O) groups is 2. The molecule has 1 rings (SSSR count). The van der Waals surface area contributed by atoms with Crippen molar-refractivity contribution in [3.05, 3.63) is 22.5 Å². The van der Waals surface area contributed by atoms with Crippen molar-refractivity contribution in [3.8, 4) is 0 Å². The van der Waals surface area contributed by atoms with Crippen LogP contribution in [0, 0.1) is 13.8 Å². The molecule has 0 saturated carbocycles. The summed E-state index contributed by atoms with van der Waals surface area (Å²) in [6.07, 6.45) is 1.32. The molecule has 0 aliphatic carbocycles. The van der Waals surface area contributed by atoms with E-state index in [1.807, 2.05) is 13.8 Å². The van der Waals surface area contributed by atoms with E-state index in [0.717, 1.165) is 23.1 Å².